The van der Waals surface area contributed by atoms with E-state index < -0.39 is 56.0 Å². The summed E-state index contributed by atoms with van der Waals surface area (Å²) in [5.74, 6) is -2.62. The molecule has 0 spiro atoms. The van der Waals surface area contributed by atoms with Crippen LogP contribution in [0.3, 0.4) is 0 Å². The maximum absolute atomic E-state index is 13.1. The van der Waals surface area contributed by atoms with Crippen LogP contribution in [-0.2, 0) is 24.7 Å². The smallest absolute Gasteiger partial charge is 0.318 e. The second kappa shape index (κ2) is 6.67. The largest absolute Gasteiger partial charge is 0.480 e. The highest BCUT2D eigenvalue weighted by Crippen LogP contribution is 2.28. The number of benzene rings is 1. The van der Waals surface area contributed by atoms with Crippen molar-refractivity contribution in [2.75, 3.05) is 18.1 Å². The van der Waals surface area contributed by atoms with Crippen molar-refractivity contribution in [2.24, 2.45) is 0 Å². The molecule has 0 unspecified atom stereocenters. The first-order chi connectivity index (χ1) is 11.3. The first kappa shape index (κ1) is 19.8. The van der Waals surface area contributed by atoms with E-state index >= 15 is 0 Å². The molecule has 1 aliphatic heterocycles. The molecule has 2 rings (SSSR count). The number of nitrogens with zero attached hydrogens (tertiary/aromatic N) is 1. The number of sulfone groups is 1. The summed E-state index contributed by atoms with van der Waals surface area (Å²) in [7, 11) is -7.95. The number of hydrogen-bond donors (Lipinski definition) is 2. The SMILES string of the molecule is Cc1cc(C)c(S(=O)(=O)N(CC(=O)O)[C@@H]2CS(=O)(=O)C[C@H]2O)cc1C. The van der Waals surface area contributed by atoms with Gasteiger partial charge in [0.05, 0.1) is 28.5 Å². The third-order valence-electron chi connectivity index (χ3n) is 4.33. The van der Waals surface area contributed by atoms with Gasteiger partial charge in [-0.15, -0.1) is 0 Å². The van der Waals surface area contributed by atoms with Crippen LogP contribution in [0.4, 0.5) is 0 Å². The van der Waals surface area contributed by atoms with Crippen LogP contribution in [0, 0.1) is 20.8 Å². The van der Waals surface area contributed by atoms with E-state index in [2.05, 4.69) is 0 Å². The van der Waals surface area contributed by atoms with Gasteiger partial charge in [0, 0.05) is 0 Å². The highest BCUT2D eigenvalue weighted by molar-refractivity contribution is 7.92. The Labute approximate surface area is 147 Å². The third kappa shape index (κ3) is 4.02. The Morgan fingerprint density at radius 2 is 1.72 bits per heavy atom. The topological polar surface area (TPSA) is 129 Å². The minimum absolute atomic E-state index is 0.0895. The van der Waals surface area contributed by atoms with E-state index in [1.165, 1.54) is 6.07 Å². The monoisotopic (exact) mass is 391 g/mol. The Hall–Kier alpha value is -1.49. The van der Waals surface area contributed by atoms with E-state index in [0.29, 0.717) is 15.4 Å². The molecule has 0 radical (unpaired) electrons. The highest BCUT2D eigenvalue weighted by Gasteiger charge is 2.45. The van der Waals surface area contributed by atoms with Crippen LogP contribution >= 0.6 is 0 Å². The Morgan fingerprint density at radius 3 is 2.20 bits per heavy atom. The summed E-state index contributed by atoms with van der Waals surface area (Å²) >= 11 is 0. The summed E-state index contributed by atoms with van der Waals surface area (Å²) in [6.45, 7) is 4.21. The number of sulfonamides is 1. The second-order valence-corrected chi connectivity index (χ2v) is 10.4. The highest BCUT2D eigenvalue weighted by atomic mass is 32.2. The lowest BCUT2D eigenvalue weighted by Crippen LogP contribution is -2.49. The molecule has 0 amide bonds. The van der Waals surface area contributed by atoms with Crippen LogP contribution in [0.2, 0.25) is 0 Å². The van der Waals surface area contributed by atoms with E-state index in [9.17, 15) is 26.7 Å². The third-order valence-corrected chi connectivity index (χ3v) is 8.04. The molecule has 0 bridgehead atoms. The molecule has 2 atom stereocenters. The summed E-state index contributed by atoms with van der Waals surface area (Å²) in [6, 6.07) is 1.78. The zero-order valence-corrected chi connectivity index (χ0v) is 15.8. The molecule has 1 aromatic carbocycles. The van der Waals surface area contributed by atoms with E-state index in [1.54, 1.807) is 19.9 Å². The van der Waals surface area contributed by atoms with Crippen LogP contribution in [0.5, 0.6) is 0 Å². The van der Waals surface area contributed by atoms with E-state index in [-0.39, 0.29) is 4.90 Å². The van der Waals surface area contributed by atoms with Gasteiger partial charge in [-0.3, -0.25) is 4.79 Å². The standard InChI is InChI=1S/C15H21NO7S2/c1-9-4-11(3)14(5-10(9)2)25(22,23)16(6-15(18)19)12-7-24(20,21)8-13(12)17/h4-5,12-13,17H,6-8H2,1-3H3,(H,18,19)/t12-,13-/m1/s1. The predicted molar refractivity (Wildman–Crippen MR) is 90.6 cm³/mol. The second-order valence-electron chi connectivity index (χ2n) is 6.36. The van der Waals surface area contributed by atoms with Gasteiger partial charge in [-0.2, -0.15) is 4.31 Å². The van der Waals surface area contributed by atoms with Gasteiger partial charge >= 0.3 is 5.97 Å². The zero-order valence-electron chi connectivity index (χ0n) is 14.1. The molecule has 0 aromatic heterocycles. The normalized spacial score (nSPS) is 23.1. The quantitative estimate of drug-likeness (QED) is 0.714. The van der Waals surface area contributed by atoms with Gasteiger partial charge in [0.1, 0.15) is 6.54 Å². The number of hydrogen-bond acceptors (Lipinski definition) is 6. The van der Waals surface area contributed by atoms with Crippen molar-refractivity contribution in [1.82, 2.24) is 4.31 Å². The molecule has 1 aliphatic rings. The zero-order chi connectivity index (χ0) is 19.2. The Morgan fingerprint density at radius 1 is 1.16 bits per heavy atom. The molecule has 1 fully saturated rings. The summed E-state index contributed by atoms with van der Waals surface area (Å²) < 4.78 is 50.2. The number of aliphatic hydroxyl groups is 1. The predicted octanol–water partition coefficient (Wildman–Crippen LogP) is -0.155. The van der Waals surface area contributed by atoms with Gasteiger partial charge < -0.3 is 10.2 Å². The summed E-state index contributed by atoms with van der Waals surface area (Å²) in [4.78, 5) is 11.1. The molecular formula is C15H21NO7S2. The lowest BCUT2D eigenvalue weighted by atomic mass is 10.1. The first-order valence-corrected chi connectivity index (χ1v) is 10.8. The summed E-state index contributed by atoms with van der Waals surface area (Å²) in [5, 5.41) is 19.1. The van der Waals surface area contributed by atoms with Crippen molar-refractivity contribution >= 4 is 25.8 Å². The minimum Gasteiger partial charge on any atom is -0.480 e. The Bertz CT molecular complexity index is 906. The maximum Gasteiger partial charge on any atom is 0.318 e. The number of carboxylic acid groups (broad SMARTS) is 1. The maximum atomic E-state index is 13.1. The van der Waals surface area contributed by atoms with Crippen molar-refractivity contribution in [2.45, 2.75) is 37.8 Å². The van der Waals surface area contributed by atoms with E-state index in [4.69, 9.17) is 5.11 Å². The summed E-state index contributed by atoms with van der Waals surface area (Å²) in [5.41, 5.74) is 2.01. The van der Waals surface area contributed by atoms with E-state index in [0.717, 1.165) is 5.56 Å². The Balaban J connectivity index is 2.58. The van der Waals surface area contributed by atoms with Crippen LogP contribution in [0.25, 0.3) is 0 Å². The lowest BCUT2D eigenvalue weighted by molar-refractivity contribution is -0.137. The molecule has 1 saturated heterocycles. The van der Waals surface area contributed by atoms with Crippen LogP contribution in [0.15, 0.2) is 17.0 Å². The number of aliphatic hydroxyl groups excluding tert-OH is 1. The molecule has 10 heteroatoms. The van der Waals surface area contributed by atoms with Gasteiger partial charge in [-0.25, -0.2) is 16.8 Å². The molecule has 1 heterocycles. The number of aryl methyl sites for hydroxylation is 3. The molecule has 2 N–H and O–H groups in total. The van der Waals surface area contributed by atoms with Gasteiger partial charge in [0.25, 0.3) is 0 Å². The van der Waals surface area contributed by atoms with Crippen molar-refractivity contribution in [3.63, 3.8) is 0 Å². The van der Waals surface area contributed by atoms with Crippen molar-refractivity contribution < 1.29 is 31.8 Å². The fraction of sp³-hybridized carbons (Fsp3) is 0.533. The van der Waals surface area contributed by atoms with Crippen LogP contribution in [-0.4, -0.2) is 67.5 Å². The number of aliphatic carboxylic acids is 1. The van der Waals surface area contributed by atoms with Crippen molar-refractivity contribution in [3.8, 4) is 0 Å². The van der Waals surface area contributed by atoms with Gasteiger partial charge in [0.2, 0.25) is 10.0 Å². The number of carbonyl (C=O) groups is 1. The van der Waals surface area contributed by atoms with Gasteiger partial charge in [-0.1, -0.05) is 6.07 Å². The van der Waals surface area contributed by atoms with Gasteiger partial charge in [-0.05, 0) is 43.5 Å². The summed E-state index contributed by atoms with van der Waals surface area (Å²) in [6.07, 6.45) is -1.47. The van der Waals surface area contributed by atoms with Crippen molar-refractivity contribution in [1.29, 1.82) is 0 Å². The molecular weight excluding hydrogens is 370 g/mol. The Kier molecular flexibility index (Phi) is 5.29. The average Bonchev–Trinajstić information content (AvgIpc) is 2.72. The van der Waals surface area contributed by atoms with E-state index in [1.807, 2.05) is 6.92 Å². The van der Waals surface area contributed by atoms with Crippen LogP contribution in [0.1, 0.15) is 16.7 Å². The molecule has 0 saturated carbocycles. The molecule has 0 aliphatic carbocycles. The molecule has 8 nitrogen and oxygen atoms in total. The average molecular weight is 391 g/mol. The number of carboxylic acids is 1. The van der Waals surface area contributed by atoms with Crippen molar-refractivity contribution in [3.05, 3.63) is 28.8 Å². The molecule has 1 aromatic rings. The molecule has 140 valence electrons. The van der Waals surface area contributed by atoms with Crippen LogP contribution < -0.4 is 0 Å². The fourth-order valence-corrected chi connectivity index (χ4v) is 6.73. The van der Waals surface area contributed by atoms with Gasteiger partial charge in [0.15, 0.2) is 9.84 Å². The minimum atomic E-state index is -4.30. The fourth-order valence-electron chi connectivity index (χ4n) is 2.94. The lowest BCUT2D eigenvalue weighted by Gasteiger charge is -2.28. The first-order valence-electron chi connectivity index (χ1n) is 7.55. The number of rotatable bonds is 5. The molecule has 25 heavy (non-hydrogen) atoms.